The smallest absolute Gasteiger partial charge is 0.284 e. The monoisotopic (exact) mass is 534 g/mol. The zero-order chi connectivity index (χ0) is 26.4. The number of sulfonamides is 1. The van der Waals surface area contributed by atoms with Crippen LogP contribution in [-0.2, 0) is 21.4 Å². The molecular formula is C28H26N2O5S2. The Morgan fingerprint density at radius 1 is 1.03 bits per heavy atom. The van der Waals surface area contributed by atoms with Crippen molar-refractivity contribution in [1.29, 1.82) is 0 Å². The fourth-order valence-corrected chi connectivity index (χ4v) is 5.70. The number of aryl methyl sites for hydroxylation is 1. The molecule has 7 nitrogen and oxygen atoms in total. The maximum absolute atomic E-state index is 13.2. The molecule has 3 aromatic rings. The summed E-state index contributed by atoms with van der Waals surface area (Å²) in [5, 5.41) is 0.0748. The molecule has 0 spiro atoms. The van der Waals surface area contributed by atoms with Crippen molar-refractivity contribution in [2.45, 2.75) is 18.4 Å². The summed E-state index contributed by atoms with van der Waals surface area (Å²) in [6.45, 7) is 6.03. The first kappa shape index (κ1) is 26.2. The van der Waals surface area contributed by atoms with Gasteiger partial charge in [0.2, 0.25) is 0 Å². The molecule has 37 heavy (non-hydrogen) atoms. The number of hydrogen-bond acceptors (Lipinski definition) is 6. The maximum atomic E-state index is 13.2. The average molecular weight is 535 g/mol. The third kappa shape index (κ3) is 6.31. The van der Waals surface area contributed by atoms with Gasteiger partial charge in [-0.25, -0.2) is 0 Å². The fraction of sp³-hybridized carbons (Fsp3) is 0.143. The lowest BCUT2D eigenvalue weighted by atomic mass is 10.1. The number of carbonyl (C=O) groups is 1. The van der Waals surface area contributed by atoms with Crippen LogP contribution >= 0.6 is 11.8 Å². The van der Waals surface area contributed by atoms with Crippen LogP contribution in [-0.4, -0.2) is 38.0 Å². The number of amides is 1. The number of nitrogens with zero attached hydrogens (tertiary/aromatic N) is 2. The van der Waals surface area contributed by atoms with Gasteiger partial charge in [0.25, 0.3) is 15.9 Å². The number of carbonyl (C=O) groups excluding carboxylic acids is 1. The molecule has 1 aliphatic rings. The normalized spacial score (nSPS) is 15.8. The number of benzene rings is 3. The molecule has 9 heteroatoms. The number of amidine groups is 1. The average Bonchev–Trinajstić information content (AvgIpc) is 3.17. The fourth-order valence-electron chi connectivity index (χ4n) is 3.51. The van der Waals surface area contributed by atoms with E-state index in [0.29, 0.717) is 28.6 Å². The van der Waals surface area contributed by atoms with Crippen LogP contribution in [0.3, 0.4) is 0 Å². The van der Waals surface area contributed by atoms with E-state index in [-0.39, 0.29) is 22.5 Å². The second kappa shape index (κ2) is 11.5. The molecular weight excluding hydrogens is 508 g/mol. The van der Waals surface area contributed by atoms with Crippen LogP contribution in [0.25, 0.3) is 6.08 Å². The van der Waals surface area contributed by atoms with E-state index in [1.54, 1.807) is 43.5 Å². The zero-order valence-electron chi connectivity index (χ0n) is 20.5. The minimum Gasteiger partial charge on any atom is -0.493 e. The van der Waals surface area contributed by atoms with Gasteiger partial charge in [-0.2, -0.15) is 8.42 Å². The summed E-state index contributed by atoms with van der Waals surface area (Å²) in [5.41, 5.74) is 2.63. The van der Waals surface area contributed by atoms with Crippen molar-refractivity contribution >= 4 is 38.9 Å². The molecule has 0 aromatic heterocycles. The van der Waals surface area contributed by atoms with E-state index in [2.05, 4.69) is 11.0 Å². The van der Waals surface area contributed by atoms with Gasteiger partial charge in [0.1, 0.15) is 6.61 Å². The largest absolute Gasteiger partial charge is 0.493 e. The van der Waals surface area contributed by atoms with Crippen LogP contribution in [0.2, 0.25) is 0 Å². The van der Waals surface area contributed by atoms with E-state index in [1.165, 1.54) is 23.1 Å². The highest BCUT2D eigenvalue weighted by Gasteiger charge is 2.34. The summed E-state index contributed by atoms with van der Waals surface area (Å²) in [6.07, 6.45) is 3.21. The second-order valence-corrected chi connectivity index (χ2v) is 10.8. The van der Waals surface area contributed by atoms with Crippen molar-refractivity contribution in [3.05, 3.63) is 107 Å². The van der Waals surface area contributed by atoms with E-state index in [9.17, 15) is 13.2 Å². The number of thioether (sulfide) groups is 1. The third-order valence-electron chi connectivity index (χ3n) is 5.44. The Bertz CT molecular complexity index is 1460. The molecule has 1 amide bonds. The van der Waals surface area contributed by atoms with Gasteiger partial charge in [0, 0.05) is 6.54 Å². The molecule has 1 fully saturated rings. The van der Waals surface area contributed by atoms with E-state index in [1.807, 2.05) is 37.3 Å². The lowest BCUT2D eigenvalue weighted by Gasteiger charge is -2.12. The van der Waals surface area contributed by atoms with Gasteiger partial charge >= 0.3 is 0 Å². The summed E-state index contributed by atoms with van der Waals surface area (Å²) < 4.78 is 41.2. The van der Waals surface area contributed by atoms with E-state index >= 15 is 0 Å². The Labute approximate surface area is 221 Å². The first-order valence-corrected chi connectivity index (χ1v) is 13.6. The summed E-state index contributed by atoms with van der Waals surface area (Å²) in [4.78, 5) is 14.8. The Morgan fingerprint density at radius 2 is 1.76 bits per heavy atom. The first-order valence-electron chi connectivity index (χ1n) is 11.4. The number of methoxy groups -OCH3 is 1. The Morgan fingerprint density at radius 3 is 2.43 bits per heavy atom. The Balaban J connectivity index is 1.63. The number of hydrogen-bond donors (Lipinski definition) is 0. The quantitative estimate of drug-likeness (QED) is 0.269. The molecule has 4 rings (SSSR count). The molecule has 190 valence electrons. The van der Waals surface area contributed by atoms with Crippen molar-refractivity contribution < 1.29 is 22.7 Å². The summed E-state index contributed by atoms with van der Waals surface area (Å²) in [5.74, 6) is 0.725. The Hall–Kier alpha value is -3.82. The zero-order valence-corrected chi connectivity index (χ0v) is 22.1. The van der Waals surface area contributed by atoms with Crippen LogP contribution in [0, 0.1) is 6.92 Å². The standard InChI is InChI=1S/C28H26N2O5S2/c1-4-16-30-27(31)26(36-28(30)29-37(32,33)23-13-10-20(2)11-14-23)18-22-12-15-24(34-3)25(17-22)35-19-21-8-6-5-7-9-21/h4-15,17-18H,1,16,19H2,2-3H3/b26-18-,29-28?. The number of ether oxygens (including phenoxy) is 2. The molecule has 3 aromatic carbocycles. The van der Waals surface area contributed by atoms with Gasteiger partial charge in [-0.3, -0.25) is 9.69 Å². The van der Waals surface area contributed by atoms with Gasteiger partial charge in [0.05, 0.1) is 16.9 Å². The van der Waals surface area contributed by atoms with Gasteiger partial charge in [0.15, 0.2) is 16.7 Å². The molecule has 0 radical (unpaired) electrons. The van der Waals surface area contributed by atoms with Gasteiger partial charge in [-0.15, -0.1) is 11.0 Å². The molecule has 1 saturated heterocycles. The van der Waals surface area contributed by atoms with E-state index < -0.39 is 10.0 Å². The SMILES string of the molecule is C=CCN1C(=O)/C(=C/c2ccc(OC)c(OCc3ccccc3)c2)SC1=NS(=O)(=O)c1ccc(C)cc1. The van der Waals surface area contributed by atoms with Crippen molar-refractivity contribution in [2.75, 3.05) is 13.7 Å². The lowest BCUT2D eigenvalue weighted by molar-refractivity contribution is -0.121. The molecule has 0 aliphatic carbocycles. The third-order valence-corrected chi connectivity index (χ3v) is 7.84. The predicted molar refractivity (Wildman–Crippen MR) is 147 cm³/mol. The number of rotatable bonds is 9. The van der Waals surface area contributed by atoms with Crippen LogP contribution in [0.15, 0.2) is 99.6 Å². The van der Waals surface area contributed by atoms with Gasteiger partial charge < -0.3 is 9.47 Å². The summed E-state index contributed by atoms with van der Waals surface area (Å²) in [6, 6.07) is 21.5. The van der Waals surface area contributed by atoms with Crippen molar-refractivity contribution in [3.8, 4) is 11.5 Å². The maximum Gasteiger partial charge on any atom is 0.284 e. The van der Waals surface area contributed by atoms with Crippen molar-refractivity contribution in [3.63, 3.8) is 0 Å². The molecule has 0 saturated carbocycles. The summed E-state index contributed by atoms with van der Waals surface area (Å²) >= 11 is 1.00. The van der Waals surface area contributed by atoms with E-state index in [0.717, 1.165) is 22.9 Å². The molecule has 0 bridgehead atoms. The topological polar surface area (TPSA) is 85.3 Å². The van der Waals surface area contributed by atoms with Crippen LogP contribution in [0.1, 0.15) is 16.7 Å². The minimum atomic E-state index is -4.01. The summed E-state index contributed by atoms with van der Waals surface area (Å²) in [7, 11) is -2.45. The minimum absolute atomic E-state index is 0.0602. The Kier molecular flexibility index (Phi) is 8.15. The van der Waals surface area contributed by atoms with E-state index in [4.69, 9.17) is 9.47 Å². The highest BCUT2D eigenvalue weighted by Crippen LogP contribution is 2.36. The molecule has 1 aliphatic heterocycles. The predicted octanol–water partition coefficient (Wildman–Crippen LogP) is 5.43. The van der Waals surface area contributed by atoms with Crippen LogP contribution < -0.4 is 9.47 Å². The van der Waals surface area contributed by atoms with Crippen LogP contribution in [0.5, 0.6) is 11.5 Å². The molecule has 1 heterocycles. The first-order chi connectivity index (χ1) is 17.8. The highest BCUT2D eigenvalue weighted by molar-refractivity contribution is 8.19. The van der Waals surface area contributed by atoms with Crippen molar-refractivity contribution in [1.82, 2.24) is 4.90 Å². The lowest BCUT2D eigenvalue weighted by Crippen LogP contribution is -2.29. The van der Waals surface area contributed by atoms with Gasteiger partial charge in [-0.05, 0) is 60.2 Å². The van der Waals surface area contributed by atoms with Crippen LogP contribution in [0.4, 0.5) is 0 Å². The second-order valence-electron chi connectivity index (χ2n) is 8.16. The molecule has 0 atom stereocenters. The molecule has 0 N–H and O–H groups in total. The molecule has 0 unspecified atom stereocenters. The van der Waals surface area contributed by atoms with Gasteiger partial charge in [-0.1, -0.05) is 60.2 Å². The van der Waals surface area contributed by atoms with Crippen molar-refractivity contribution in [2.24, 2.45) is 4.40 Å². The highest BCUT2D eigenvalue weighted by atomic mass is 32.2.